The first kappa shape index (κ1) is 15.2. The summed E-state index contributed by atoms with van der Waals surface area (Å²) in [5, 5.41) is 0. The van der Waals surface area contributed by atoms with Crippen LogP contribution in [-0.4, -0.2) is 17.8 Å². The zero-order chi connectivity index (χ0) is 13.8. The van der Waals surface area contributed by atoms with E-state index in [0.29, 0.717) is 15.8 Å². The van der Waals surface area contributed by atoms with Crippen molar-refractivity contribution in [2.24, 2.45) is 5.73 Å². The normalized spacial score (nSPS) is 11.3. The fourth-order valence-electron chi connectivity index (χ4n) is 1.32. The third-order valence-electron chi connectivity index (χ3n) is 2.08. The summed E-state index contributed by atoms with van der Waals surface area (Å²) >= 11 is 8.12. The third-order valence-corrected chi connectivity index (χ3v) is 2.95. The predicted molar refractivity (Wildman–Crippen MR) is 70.8 cm³/mol. The number of ether oxygens (including phenoxy) is 1. The molecule has 100 valence electrons. The Morgan fingerprint density at radius 1 is 1.39 bits per heavy atom. The summed E-state index contributed by atoms with van der Waals surface area (Å²) in [4.78, 5) is 0.133. The summed E-state index contributed by atoms with van der Waals surface area (Å²) in [6.45, 7) is -0.0361. The Labute approximate surface area is 116 Å². The molecule has 0 aliphatic carbocycles. The lowest BCUT2D eigenvalue weighted by Gasteiger charge is -2.12. The molecule has 0 radical (unpaired) electrons. The largest absolute Gasteiger partial charge is 0.493 e. The van der Waals surface area contributed by atoms with Crippen LogP contribution in [-0.2, 0) is 0 Å². The van der Waals surface area contributed by atoms with Crippen molar-refractivity contribution in [2.75, 3.05) is 6.61 Å². The summed E-state index contributed by atoms with van der Waals surface area (Å²) in [5.74, 6) is 0.388. The number of thiocarbonyl (C=S) groups is 1. The molecular formula is C11H11BrF3NOS. The lowest BCUT2D eigenvalue weighted by atomic mass is 10.2. The van der Waals surface area contributed by atoms with Gasteiger partial charge in [-0.1, -0.05) is 18.3 Å². The van der Waals surface area contributed by atoms with Gasteiger partial charge in [0.2, 0.25) is 0 Å². The van der Waals surface area contributed by atoms with Crippen molar-refractivity contribution < 1.29 is 17.9 Å². The lowest BCUT2D eigenvalue weighted by molar-refractivity contribution is -0.136. The minimum Gasteiger partial charge on any atom is -0.493 e. The zero-order valence-corrected chi connectivity index (χ0v) is 11.7. The highest BCUT2D eigenvalue weighted by molar-refractivity contribution is 9.10. The molecule has 0 unspecified atom stereocenters. The Bertz CT molecular complexity index is 437. The molecule has 1 aromatic carbocycles. The molecule has 0 amide bonds. The van der Waals surface area contributed by atoms with Gasteiger partial charge in [-0.05, 0) is 34.5 Å². The van der Waals surface area contributed by atoms with Crippen LogP contribution >= 0.6 is 28.1 Å². The number of halogens is 4. The molecular weight excluding hydrogens is 331 g/mol. The Hall–Kier alpha value is -0.820. The predicted octanol–water partition coefficient (Wildman–Crippen LogP) is 3.80. The zero-order valence-electron chi connectivity index (χ0n) is 9.26. The number of hydrogen-bond donors (Lipinski definition) is 1. The van der Waals surface area contributed by atoms with Crippen LogP contribution in [0.1, 0.15) is 18.4 Å². The van der Waals surface area contributed by atoms with Gasteiger partial charge in [0.25, 0.3) is 0 Å². The third kappa shape index (κ3) is 4.81. The molecule has 0 heterocycles. The SMILES string of the molecule is NC(=S)c1c(Br)cccc1OCCCC(F)(F)F. The van der Waals surface area contributed by atoms with E-state index in [2.05, 4.69) is 15.9 Å². The number of alkyl halides is 3. The molecule has 1 rings (SSSR count). The molecule has 0 saturated heterocycles. The van der Waals surface area contributed by atoms with Gasteiger partial charge >= 0.3 is 6.18 Å². The van der Waals surface area contributed by atoms with E-state index >= 15 is 0 Å². The fraction of sp³-hybridized carbons (Fsp3) is 0.364. The monoisotopic (exact) mass is 341 g/mol. The van der Waals surface area contributed by atoms with Crippen molar-refractivity contribution in [3.8, 4) is 5.75 Å². The number of nitrogens with two attached hydrogens (primary N) is 1. The summed E-state index contributed by atoms with van der Waals surface area (Å²) in [6.07, 6.45) is -5.14. The van der Waals surface area contributed by atoms with Gasteiger partial charge in [0.15, 0.2) is 0 Å². The van der Waals surface area contributed by atoms with Gasteiger partial charge < -0.3 is 10.5 Å². The van der Waals surface area contributed by atoms with Crippen molar-refractivity contribution in [2.45, 2.75) is 19.0 Å². The molecule has 0 atom stereocenters. The maximum absolute atomic E-state index is 11.9. The highest BCUT2D eigenvalue weighted by Gasteiger charge is 2.26. The molecule has 0 saturated carbocycles. The van der Waals surface area contributed by atoms with Crippen LogP contribution in [0.15, 0.2) is 22.7 Å². The second kappa shape index (κ2) is 6.38. The average Bonchev–Trinajstić information content (AvgIpc) is 2.22. The Balaban J connectivity index is 2.63. The van der Waals surface area contributed by atoms with Crippen molar-refractivity contribution in [3.05, 3.63) is 28.2 Å². The first-order valence-corrected chi connectivity index (χ1v) is 6.29. The summed E-state index contributed by atoms with van der Waals surface area (Å²) < 4.78 is 41.8. The van der Waals surface area contributed by atoms with E-state index in [-0.39, 0.29) is 18.0 Å². The molecule has 18 heavy (non-hydrogen) atoms. The molecule has 1 aromatic rings. The van der Waals surface area contributed by atoms with Crippen LogP contribution in [0.5, 0.6) is 5.75 Å². The highest BCUT2D eigenvalue weighted by Crippen LogP contribution is 2.27. The van der Waals surface area contributed by atoms with Gasteiger partial charge in [-0.2, -0.15) is 13.2 Å². The van der Waals surface area contributed by atoms with Gasteiger partial charge in [0.1, 0.15) is 10.7 Å². The summed E-state index contributed by atoms with van der Waals surface area (Å²) in [6, 6.07) is 5.05. The molecule has 0 aliphatic rings. The second-order valence-corrected chi connectivity index (χ2v) is 4.84. The van der Waals surface area contributed by atoms with Gasteiger partial charge in [0, 0.05) is 10.9 Å². The first-order valence-electron chi connectivity index (χ1n) is 5.09. The Morgan fingerprint density at radius 3 is 2.61 bits per heavy atom. The minimum atomic E-state index is -4.16. The van der Waals surface area contributed by atoms with Crippen LogP contribution in [0.25, 0.3) is 0 Å². The van der Waals surface area contributed by atoms with E-state index in [4.69, 9.17) is 22.7 Å². The quantitative estimate of drug-likeness (QED) is 0.653. The van der Waals surface area contributed by atoms with E-state index in [1.165, 1.54) is 0 Å². The lowest BCUT2D eigenvalue weighted by Crippen LogP contribution is -2.14. The van der Waals surface area contributed by atoms with E-state index in [1.54, 1.807) is 18.2 Å². The topological polar surface area (TPSA) is 35.2 Å². The van der Waals surface area contributed by atoms with E-state index in [9.17, 15) is 13.2 Å². The van der Waals surface area contributed by atoms with E-state index in [0.717, 1.165) is 0 Å². The molecule has 0 aliphatic heterocycles. The van der Waals surface area contributed by atoms with Gasteiger partial charge in [-0.25, -0.2) is 0 Å². The maximum atomic E-state index is 11.9. The molecule has 2 N–H and O–H groups in total. The van der Waals surface area contributed by atoms with Gasteiger partial charge in [-0.15, -0.1) is 0 Å². The van der Waals surface area contributed by atoms with Crippen LogP contribution < -0.4 is 10.5 Å². The van der Waals surface area contributed by atoms with Crippen molar-refractivity contribution in [1.82, 2.24) is 0 Å². The second-order valence-electron chi connectivity index (χ2n) is 3.54. The maximum Gasteiger partial charge on any atom is 0.389 e. The molecule has 0 spiro atoms. The van der Waals surface area contributed by atoms with E-state index < -0.39 is 12.6 Å². The Kier molecular flexibility index (Phi) is 5.40. The molecule has 0 aromatic heterocycles. The van der Waals surface area contributed by atoms with E-state index in [1.807, 2.05) is 0 Å². The average molecular weight is 342 g/mol. The standard InChI is InChI=1S/C11H11BrF3NOS/c12-7-3-1-4-8(9(7)10(16)18)17-6-2-5-11(13,14)15/h1,3-4H,2,5-6H2,(H2,16,18). The van der Waals surface area contributed by atoms with Crippen LogP contribution in [0.2, 0.25) is 0 Å². The van der Waals surface area contributed by atoms with Gasteiger partial charge in [0.05, 0.1) is 12.2 Å². The number of rotatable bonds is 5. The number of hydrogen-bond acceptors (Lipinski definition) is 2. The number of benzene rings is 1. The van der Waals surface area contributed by atoms with Crippen LogP contribution in [0, 0.1) is 0 Å². The molecule has 0 bridgehead atoms. The summed E-state index contributed by atoms with van der Waals surface area (Å²) in [7, 11) is 0. The Morgan fingerprint density at radius 2 is 2.06 bits per heavy atom. The molecule has 7 heteroatoms. The molecule has 2 nitrogen and oxygen atoms in total. The van der Waals surface area contributed by atoms with Crippen molar-refractivity contribution in [1.29, 1.82) is 0 Å². The van der Waals surface area contributed by atoms with Crippen molar-refractivity contribution >= 4 is 33.1 Å². The van der Waals surface area contributed by atoms with Crippen LogP contribution in [0.4, 0.5) is 13.2 Å². The first-order chi connectivity index (χ1) is 8.31. The molecule has 0 fully saturated rings. The summed E-state index contributed by atoms with van der Waals surface area (Å²) in [5.41, 5.74) is 6.03. The fourth-order valence-corrected chi connectivity index (χ4v) is 2.22. The van der Waals surface area contributed by atoms with Crippen molar-refractivity contribution in [3.63, 3.8) is 0 Å². The highest BCUT2D eigenvalue weighted by atomic mass is 79.9. The smallest absolute Gasteiger partial charge is 0.389 e. The van der Waals surface area contributed by atoms with Crippen LogP contribution in [0.3, 0.4) is 0 Å². The van der Waals surface area contributed by atoms with Gasteiger partial charge in [-0.3, -0.25) is 0 Å². The minimum absolute atomic E-state index is 0.0361.